The summed E-state index contributed by atoms with van der Waals surface area (Å²) < 4.78 is 7.28. The number of hydrogen-bond donors (Lipinski definition) is 0. The van der Waals surface area contributed by atoms with E-state index >= 15 is 0 Å². The molecule has 0 radical (unpaired) electrons. The van der Waals surface area contributed by atoms with E-state index < -0.39 is 4.92 Å². The molecule has 0 atom stereocenters. The average Bonchev–Trinajstić information content (AvgIpc) is 2.76. The number of fused-ring (bicyclic) bond motifs is 1. The molecule has 0 unspecified atom stereocenters. The van der Waals surface area contributed by atoms with Crippen LogP contribution in [0.15, 0.2) is 50.8 Å². The first-order valence-corrected chi connectivity index (χ1v) is 10.3. The van der Waals surface area contributed by atoms with Gasteiger partial charge in [0.15, 0.2) is 6.61 Å². The van der Waals surface area contributed by atoms with Gasteiger partial charge in [-0.1, -0.05) is 29.3 Å². The molecule has 0 bridgehead atoms. The normalized spacial score (nSPS) is 11.0. The van der Waals surface area contributed by atoms with Crippen molar-refractivity contribution in [3.63, 3.8) is 0 Å². The van der Waals surface area contributed by atoms with Crippen LogP contribution in [-0.2, 0) is 6.42 Å². The molecule has 0 amide bonds. The van der Waals surface area contributed by atoms with E-state index in [1.54, 1.807) is 12.1 Å². The molecule has 31 heavy (non-hydrogen) atoms. The molecule has 1 aromatic heterocycles. The Hall–Kier alpha value is -3.58. The highest BCUT2D eigenvalue weighted by Gasteiger charge is 2.13. The van der Waals surface area contributed by atoms with Crippen molar-refractivity contribution in [2.45, 2.75) is 26.2 Å². The highest BCUT2D eigenvalue weighted by Crippen LogP contribution is 2.23. The molecule has 2 aromatic carbocycles. The number of benzene rings is 2. The average molecular weight is 484 g/mol. The van der Waals surface area contributed by atoms with Crippen LogP contribution in [0, 0.1) is 21.4 Å². The number of aromatic nitrogens is 2. The molecule has 0 aliphatic rings. The molecular formula is C21H18BrN5O4. The molecule has 1 heterocycles. The van der Waals surface area contributed by atoms with Crippen molar-refractivity contribution in [3.05, 3.63) is 72.7 Å². The minimum absolute atomic E-state index is 0.162. The van der Waals surface area contributed by atoms with Gasteiger partial charge in [0.05, 0.1) is 22.0 Å². The lowest BCUT2D eigenvalue weighted by atomic mass is 10.2. The number of nitriles is 1. The molecule has 158 valence electrons. The van der Waals surface area contributed by atoms with Crippen molar-refractivity contribution in [1.29, 1.82) is 5.26 Å². The van der Waals surface area contributed by atoms with Gasteiger partial charge in [-0.2, -0.15) is 15.0 Å². The Balaban J connectivity index is 2.14. The first-order valence-electron chi connectivity index (χ1n) is 9.48. The third-order valence-electron chi connectivity index (χ3n) is 4.44. The van der Waals surface area contributed by atoms with Crippen LogP contribution in [0.1, 0.15) is 31.2 Å². The van der Waals surface area contributed by atoms with E-state index in [0.717, 1.165) is 17.3 Å². The standard InChI is InChI=1S/C21H18BrN5O4/c1-2-3-4-20-25-18-7-5-15(22)12-17(18)21(28)26(20)24-13-14-11-16(27(29)30)6-8-19(14)31-10-9-23/h5-8,11-13H,2-4,10H2,1H3. The van der Waals surface area contributed by atoms with Gasteiger partial charge >= 0.3 is 0 Å². The molecular weight excluding hydrogens is 466 g/mol. The molecule has 3 aromatic rings. The Kier molecular flexibility index (Phi) is 7.10. The van der Waals surface area contributed by atoms with E-state index in [0.29, 0.717) is 23.1 Å². The molecule has 0 spiro atoms. The summed E-state index contributed by atoms with van der Waals surface area (Å²) in [6.45, 7) is 1.80. The maximum Gasteiger partial charge on any atom is 0.282 e. The Morgan fingerprint density at radius 1 is 1.35 bits per heavy atom. The van der Waals surface area contributed by atoms with E-state index in [1.165, 1.54) is 29.1 Å². The SMILES string of the molecule is CCCCc1nc2ccc(Br)cc2c(=O)n1N=Cc1cc([N+](=O)[O-])ccc1OCC#N. The van der Waals surface area contributed by atoms with Crippen LogP contribution >= 0.6 is 15.9 Å². The number of rotatable bonds is 8. The Morgan fingerprint density at radius 2 is 2.16 bits per heavy atom. The monoisotopic (exact) mass is 483 g/mol. The summed E-state index contributed by atoms with van der Waals surface area (Å²) in [5.74, 6) is 0.735. The van der Waals surface area contributed by atoms with Crippen molar-refractivity contribution in [2.24, 2.45) is 5.10 Å². The second kappa shape index (κ2) is 9.95. The second-order valence-corrected chi connectivity index (χ2v) is 7.50. The van der Waals surface area contributed by atoms with Crippen LogP contribution in [-0.4, -0.2) is 27.4 Å². The lowest BCUT2D eigenvalue weighted by Crippen LogP contribution is -2.22. The quantitative estimate of drug-likeness (QED) is 0.268. The first-order chi connectivity index (χ1) is 14.9. The summed E-state index contributed by atoms with van der Waals surface area (Å²) in [5, 5.41) is 24.6. The van der Waals surface area contributed by atoms with Crippen LogP contribution in [0.5, 0.6) is 5.75 Å². The zero-order chi connectivity index (χ0) is 22.4. The van der Waals surface area contributed by atoms with Gasteiger partial charge in [0, 0.05) is 28.6 Å². The molecule has 0 saturated carbocycles. The van der Waals surface area contributed by atoms with Crippen LogP contribution in [0.4, 0.5) is 5.69 Å². The van der Waals surface area contributed by atoms with Gasteiger partial charge in [-0.05, 0) is 30.7 Å². The lowest BCUT2D eigenvalue weighted by Gasteiger charge is -2.10. The number of non-ortho nitro benzene ring substituents is 1. The number of halogens is 1. The summed E-state index contributed by atoms with van der Waals surface area (Å²) in [7, 11) is 0. The van der Waals surface area contributed by atoms with Gasteiger partial charge in [-0.25, -0.2) is 4.98 Å². The highest BCUT2D eigenvalue weighted by atomic mass is 79.9. The maximum absolute atomic E-state index is 13.1. The summed E-state index contributed by atoms with van der Waals surface area (Å²) in [6.07, 6.45) is 3.58. The predicted molar refractivity (Wildman–Crippen MR) is 120 cm³/mol. The van der Waals surface area contributed by atoms with Gasteiger partial charge < -0.3 is 4.74 Å². The van der Waals surface area contributed by atoms with Gasteiger partial charge in [0.25, 0.3) is 11.2 Å². The van der Waals surface area contributed by atoms with Gasteiger partial charge in [0.2, 0.25) is 0 Å². The Morgan fingerprint density at radius 3 is 2.87 bits per heavy atom. The van der Waals surface area contributed by atoms with Crippen molar-refractivity contribution in [1.82, 2.24) is 9.66 Å². The Labute approximate surface area is 185 Å². The molecule has 10 heteroatoms. The lowest BCUT2D eigenvalue weighted by molar-refractivity contribution is -0.384. The van der Waals surface area contributed by atoms with E-state index in [-0.39, 0.29) is 29.2 Å². The predicted octanol–water partition coefficient (Wildman–Crippen LogP) is 4.19. The van der Waals surface area contributed by atoms with Crippen LogP contribution < -0.4 is 10.3 Å². The van der Waals surface area contributed by atoms with E-state index in [4.69, 9.17) is 10.00 Å². The van der Waals surface area contributed by atoms with E-state index in [2.05, 4.69) is 26.0 Å². The molecule has 0 aliphatic heterocycles. The fourth-order valence-corrected chi connectivity index (χ4v) is 3.28. The number of unbranched alkanes of at least 4 members (excludes halogenated alkanes) is 1. The molecule has 0 N–H and O–H groups in total. The molecule has 0 fully saturated rings. The second-order valence-electron chi connectivity index (χ2n) is 6.58. The smallest absolute Gasteiger partial charge is 0.282 e. The highest BCUT2D eigenvalue weighted by molar-refractivity contribution is 9.10. The molecule has 0 aliphatic carbocycles. The van der Waals surface area contributed by atoms with Gasteiger partial charge in [-0.3, -0.25) is 14.9 Å². The van der Waals surface area contributed by atoms with Crippen LogP contribution in [0.2, 0.25) is 0 Å². The minimum Gasteiger partial charge on any atom is -0.478 e. The fraction of sp³-hybridized carbons (Fsp3) is 0.238. The Bertz CT molecular complexity index is 1260. The number of nitro groups is 1. The van der Waals surface area contributed by atoms with Crippen molar-refractivity contribution in [2.75, 3.05) is 6.61 Å². The summed E-state index contributed by atoms with van der Waals surface area (Å²) >= 11 is 3.36. The molecule has 9 nitrogen and oxygen atoms in total. The van der Waals surface area contributed by atoms with E-state index in [1.807, 2.05) is 19.1 Å². The zero-order valence-electron chi connectivity index (χ0n) is 16.6. The number of ether oxygens (including phenoxy) is 1. The summed E-state index contributed by atoms with van der Waals surface area (Å²) in [4.78, 5) is 28.3. The summed E-state index contributed by atoms with van der Waals surface area (Å²) in [5.41, 5.74) is 0.328. The number of nitrogens with zero attached hydrogens (tertiary/aromatic N) is 5. The minimum atomic E-state index is -0.542. The first kappa shape index (κ1) is 22.1. The van der Waals surface area contributed by atoms with Crippen molar-refractivity contribution in [3.8, 4) is 11.8 Å². The van der Waals surface area contributed by atoms with Gasteiger partial charge in [-0.15, -0.1) is 0 Å². The van der Waals surface area contributed by atoms with Crippen molar-refractivity contribution >= 4 is 38.7 Å². The number of hydrogen-bond acceptors (Lipinski definition) is 7. The van der Waals surface area contributed by atoms with E-state index in [9.17, 15) is 14.9 Å². The number of aryl methyl sites for hydroxylation is 1. The topological polar surface area (TPSA) is 123 Å². The molecule has 0 saturated heterocycles. The van der Waals surface area contributed by atoms with Crippen molar-refractivity contribution < 1.29 is 9.66 Å². The molecule has 3 rings (SSSR count). The largest absolute Gasteiger partial charge is 0.478 e. The van der Waals surface area contributed by atoms with Gasteiger partial charge in [0.1, 0.15) is 17.6 Å². The van der Waals surface area contributed by atoms with Crippen LogP contribution in [0.25, 0.3) is 10.9 Å². The number of nitro benzene ring substituents is 1. The fourth-order valence-electron chi connectivity index (χ4n) is 2.92. The third-order valence-corrected chi connectivity index (χ3v) is 4.93. The maximum atomic E-state index is 13.1. The third kappa shape index (κ3) is 5.13. The zero-order valence-corrected chi connectivity index (χ0v) is 18.2. The van der Waals surface area contributed by atoms with Crippen LogP contribution in [0.3, 0.4) is 0 Å². The summed E-state index contributed by atoms with van der Waals surface area (Å²) in [6, 6.07) is 11.1.